The number of ether oxygens (including phenoxy) is 1. The van der Waals surface area contributed by atoms with Crippen molar-refractivity contribution in [1.29, 1.82) is 0 Å². The topological polar surface area (TPSA) is 100 Å². The quantitative estimate of drug-likeness (QED) is 0.379. The normalized spacial score (nSPS) is 15.8. The van der Waals surface area contributed by atoms with Crippen LogP contribution in [-0.4, -0.2) is 25.9 Å². The summed E-state index contributed by atoms with van der Waals surface area (Å²) < 4.78 is 12.4. The van der Waals surface area contributed by atoms with Gasteiger partial charge in [0.05, 0.1) is 22.4 Å². The molecule has 1 atom stereocenters. The SMILES string of the molecule is Cn1nc(CC(=O)OCc2nnc(-c3cc4c(s3)CC[C@H](C(C)(C)C)C4)o2)c2ccccc2c1=O. The molecule has 3 aromatic heterocycles. The Morgan fingerprint density at radius 1 is 1.23 bits per heavy atom. The van der Waals surface area contributed by atoms with E-state index in [1.807, 2.05) is 6.07 Å². The zero-order valence-corrected chi connectivity index (χ0v) is 21.1. The predicted octanol–water partition coefficient (Wildman–Crippen LogP) is 4.48. The second-order valence-corrected chi connectivity index (χ2v) is 11.3. The number of hydrogen-bond donors (Lipinski definition) is 0. The number of aryl methyl sites for hydroxylation is 2. The molecule has 35 heavy (non-hydrogen) atoms. The first-order valence-electron chi connectivity index (χ1n) is 11.7. The smallest absolute Gasteiger partial charge is 0.312 e. The van der Waals surface area contributed by atoms with Gasteiger partial charge in [-0.2, -0.15) is 5.10 Å². The van der Waals surface area contributed by atoms with Crippen molar-refractivity contribution in [2.75, 3.05) is 0 Å². The highest BCUT2D eigenvalue weighted by atomic mass is 32.1. The molecule has 0 bridgehead atoms. The highest BCUT2D eigenvalue weighted by molar-refractivity contribution is 7.15. The van der Waals surface area contributed by atoms with Crippen LogP contribution in [0, 0.1) is 11.3 Å². The van der Waals surface area contributed by atoms with Gasteiger partial charge in [-0.3, -0.25) is 9.59 Å². The number of carbonyl (C=O) groups excluding carboxylic acids is 1. The first-order chi connectivity index (χ1) is 16.7. The molecule has 0 fully saturated rings. The minimum absolute atomic E-state index is 0.0672. The summed E-state index contributed by atoms with van der Waals surface area (Å²) in [5.41, 5.74) is 1.94. The van der Waals surface area contributed by atoms with E-state index in [0.29, 0.717) is 28.3 Å². The summed E-state index contributed by atoms with van der Waals surface area (Å²) >= 11 is 1.70. The summed E-state index contributed by atoms with van der Waals surface area (Å²) in [4.78, 5) is 27.1. The molecule has 0 unspecified atom stereocenters. The van der Waals surface area contributed by atoms with Crippen LogP contribution in [0.1, 0.15) is 49.2 Å². The highest BCUT2D eigenvalue weighted by Gasteiger charge is 2.30. The summed E-state index contributed by atoms with van der Waals surface area (Å²) in [6.45, 7) is 6.80. The van der Waals surface area contributed by atoms with Gasteiger partial charge in [0.15, 0.2) is 6.61 Å². The van der Waals surface area contributed by atoms with Gasteiger partial charge in [0.1, 0.15) is 0 Å². The number of fused-ring (bicyclic) bond motifs is 2. The monoisotopic (exact) mass is 492 g/mol. The second-order valence-electron chi connectivity index (χ2n) is 10.1. The van der Waals surface area contributed by atoms with E-state index >= 15 is 0 Å². The molecule has 1 aromatic carbocycles. The lowest BCUT2D eigenvalue weighted by Crippen LogP contribution is -2.26. The number of nitrogens with zero attached hydrogens (tertiary/aromatic N) is 4. The predicted molar refractivity (Wildman–Crippen MR) is 133 cm³/mol. The van der Waals surface area contributed by atoms with Crippen LogP contribution in [0.4, 0.5) is 0 Å². The van der Waals surface area contributed by atoms with Crippen LogP contribution in [0.3, 0.4) is 0 Å². The van der Waals surface area contributed by atoms with Crippen molar-refractivity contribution in [3.63, 3.8) is 0 Å². The third-order valence-corrected chi connectivity index (χ3v) is 7.91. The summed E-state index contributed by atoms with van der Waals surface area (Å²) in [7, 11) is 1.56. The Labute approximate surface area is 206 Å². The molecule has 1 aliphatic carbocycles. The van der Waals surface area contributed by atoms with Crippen LogP contribution < -0.4 is 5.56 Å². The molecular weight excluding hydrogens is 464 g/mol. The van der Waals surface area contributed by atoms with Gasteiger partial charge < -0.3 is 9.15 Å². The fourth-order valence-corrected chi connectivity index (χ4v) is 5.75. The summed E-state index contributed by atoms with van der Waals surface area (Å²) in [6.07, 6.45) is 3.28. The van der Waals surface area contributed by atoms with E-state index in [0.717, 1.165) is 17.7 Å². The van der Waals surface area contributed by atoms with Crippen LogP contribution in [-0.2, 0) is 42.4 Å². The van der Waals surface area contributed by atoms with Crippen molar-refractivity contribution >= 4 is 28.1 Å². The molecule has 3 heterocycles. The van der Waals surface area contributed by atoms with Crippen molar-refractivity contribution in [2.24, 2.45) is 18.4 Å². The zero-order valence-electron chi connectivity index (χ0n) is 20.3. The van der Waals surface area contributed by atoms with Gasteiger partial charge in [-0.05, 0) is 48.3 Å². The lowest BCUT2D eigenvalue weighted by atomic mass is 9.72. The molecule has 0 amide bonds. The standard InChI is InChI=1S/C26H28N4O4S/c1-26(2,3)16-9-10-20-15(11-16)12-21(35-20)24-28-27-22(34-24)14-33-23(31)13-19-17-7-5-6-8-18(17)25(32)30(4)29-19/h5-8,12,16H,9-11,13-14H2,1-4H3/t16-/m0/s1. The Balaban J connectivity index is 1.25. The second kappa shape index (κ2) is 9.03. The minimum Gasteiger partial charge on any atom is -0.455 e. The van der Waals surface area contributed by atoms with Gasteiger partial charge in [-0.1, -0.05) is 39.0 Å². The van der Waals surface area contributed by atoms with E-state index < -0.39 is 5.97 Å². The van der Waals surface area contributed by atoms with Gasteiger partial charge in [-0.15, -0.1) is 21.5 Å². The van der Waals surface area contributed by atoms with E-state index in [4.69, 9.17) is 9.15 Å². The number of esters is 1. The third-order valence-electron chi connectivity index (χ3n) is 6.69. The Kier molecular flexibility index (Phi) is 6.04. The van der Waals surface area contributed by atoms with Gasteiger partial charge in [-0.25, -0.2) is 4.68 Å². The van der Waals surface area contributed by atoms with Gasteiger partial charge in [0.2, 0.25) is 0 Å². The average molecular weight is 493 g/mol. The third kappa shape index (κ3) is 4.77. The molecule has 0 saturated heterocycles. The fraction of sp³-hybridized carbons (Fsp3) is 0.423. The molecule has 0 radical (unpaired) electrons. The molecule has 0 spiro atoms. The van der Waals surface area contributed by atoms with Crippen LogP contribution in [0.5, 0.6) is 0 Å². The molecule has 0 N–H and O–H groups in total. The first kappa shape index (κ1) is 23.4. The number of carbonyl (C=O) groups is 1. The largest absolute Gasteiger partial charge is 0.455 e. The zero-order chi connectivity index (χ0) is 24.7. The Hall–Kier alpha value is -3.33. The van der Waals surface area contributed by atoms with E-state index in [1.165, 1.54) is 21.5 Å². The summed E-state index contributed by atoms with van der Waals surface area (Å²) in [5.74, 6) is 0.869. The maximum Gasteiger partial charge on any atom is 0.312 e. The number of aromatic nitrogens is 4. The van der Waals surface area contributed by atoms with Crippen LogP contribution >= 0.6 is 11.3 Å². The molecule has 4 aromatic rings. The molecule has 5 rings (SSSR count). The molecule has 0 aliphatic heterocycles. The van der Waals surface area contributed by atoms with E-state index in [9.17, 15) is 9.59 Å². The Bertz CT molecular complexity index is 1460. The maximum absolute atomic E-state index is 12.5. The van der Waals surface area contributed by atoms with Crippen LogP contribution in [0.15, 0.2) is 39.5 Å². The maximum atomic E-state index is 12.5. The van der Waals surface area contributed by atoms with Crippen molar-refractivity contribution in [1.82, 2.24) is 20.0 Å². The molecule has 182 valence electrons. The van der Waals surface area contributed by atoms with Crippen LogP contribution in [0.25, 0.3) is 21.5 Å². The summed E-state index contributed by atoms with van der Waals surface area (Å²) in [6, 6.07) is 9.26. The van der Waals surface area contributed by atoms with Crippen molar-refractivity contribution < 1.29 is 13.9 Å². The number of hydrogen-bond acceptors (Lipinski definition) is 8. The van der Waals surface area contributed by atoms with Crippen molar-refractivity contribution in [3.8, 4) is 10.8 Å². The number of rotatable bonds is 5. The van der Waals surface area contributed by atoms with E-state index in [2.05, 4.69) is 42.1 Å². The number of thiophene rings is 1. The highest BCUT2D eigenvalue weighted by Crippen LogP contribution is 2.42. The summed E-state index contributed by atoms with van der Waals surface area (Å²) in [5, 5.41) is 13.6. The molecule has 9 heteroatoms. The lowest BCUT2D eigenvalue weighted by Gasteiger charge is -2.33. The number of benzene rings is 1. The first-order valence-corrected chi connectivity index (χ1v) is 12.6. The van der Waals surface area contributed by atoms with Crippen LogP contribution in [0.2, 0.25) is 0 Å². The minimum atomic E-state index is -0.485. The molecular formula is C26H28N4O4S. The Morgan fingerprint density at radius 3 is 2.77 bits per heavy atom. The Morgan fingerprint density at radius 2 is 2.00 bits per heavy atom. The van der Waals surface area contributed by atoms with Crippen molar-refractivity contribution in [3.05, 3.63) is 62.7 Å². The van der Waals surface area contributed by atoms with Gasteiger partial charge in [0.25, 0.3) is 17.3 Å². The van der Waals surface area contributed by atoms with Crippen molar-refractivity contribution in [2.45, 2.75) is 53.1 Å². The fourth-order valence-electron chi connectivity index (χ4n) is 4.62. The molecule has 1 aliphatic rings. The molecule has 8 nitrogen and oxygen atoms in total. The van der Waals surface area contributed by atoms with E-state index in [1.54, 1.807) is 36.6 Å². The van der Waals surface area contributed by atoms with Gasteiger partial charge in [0, 0.05) is 17.3 Å². The average Bonchev–Trinajstić information content (AvgIpc) is 3.47. The molecule has 0 saturated carbocycles. The lowest BCUT2D eigenvalue weighted by molar-refractivity contribution is -0.144. The van der Waals surface area contributed by atoms with E-state index in [-0.39, 0.29) is 29.9 Å². The van der Waals surface area contributed by atoms with Gasteiger partial charge >= 0.3 is 5.97 Å².